The van der Waals surface area contributed by atoms with Gasteiger partial charge in [-0.15, -0.1) is 0 Å². The number of benzene rings is 2. The van der Waals surface area contributed by atoms with Crippen LogP contribution >= 0.6 is 0 Å². The zero-order valence-electron chi connectivity index (χ0n) is 22.7. The van der Waals surface area contributed by atoms with E-state index < -0.39 is 30.0 Å². The van der Waals surface area contributed by atoms with E-state index in [2.05, 4.69) is 85.1 Å². The van der Waals surface area contributed by atoms with E-state index in [1.165, 1.54) is 61.6 Å². The van der Waals surface area contributed by atoms with Crippen molar-refractivity contribution in [2.24, 2.45) is 28.2 Å². The second-order valence-electron chi connectivity index (χ2n) is 8.89. The Morgan fingerprint density at radius 3 is 1.26 bits per heavy atom. The van der Waals surface area contributed by atoms with Crippen molar-refractivity contribution in [3.63, 3.8) is 0 Å². The summed E-state index contributed by atoms with van der Waals surface area (Å²) < 4.78 is 74.8. The summed E-state index contributed by atoms with van der Waals surface area (Å²) in [6, 6.07) is 7.09. The Hall–Kier alpha value is -3.06. The van der Waals surface area contributed by atoms with Crippen LogP contribution in [0.3, 0.4) is 0 Å². The van der Waals surface area contributed by atoms with Crippen LogP contribution in [0.2, 0.25) is 0 Å². The quantitative estimate of drug-likeness (QED) is 0.261. The van der Waals surface area contributed by atoms with Gasteiger partial charge in [0.25, 0.3) is 11.6 Å². The van der Waals surface area contributed by atoms with Gasteiger partial charge in [0.2, 0.25) is 0 Å². The van der Waals surface area contributed by atoms with Crippen LogP contribution in [0.5, 0.6) is 0 Å². The zero-order valence-corrected chi connectivity index (χ0v) is 24.3. The molecule has 0 aliphatic heterocycles. The van der Waals surface area contributed by atoms with E-state index in [4.69, 9.17) is 0 Å². The lowest BCUT2D eigenvalue weighted by atomic mass is 10.1. The first kappa shape index (κ1) is 31.2. The van der Waals surface area contributed by atoms with E-state index in [0.29, 0.717) is 0 Å². The number of imidazole rings is 2. The topological polar surface area (TPSA) is 132 Å². The first-order valence-electron chi connectivity index (χ1n) is 12.2. The maximum Gasteiger partial charge on any atom is 0.255 e. The molecule has 0 amide bonds. The fraction of sp³-hybridized carbons (Fsp3) is 0.385. The SMILES string of the molecule is CCCc1n(C)cc[n+]1C.CCCc1n(C)cc[n+]1C.O=S(=O)([O-])c1cccc2c(S(=O)(=O)[O-])cccc12. The number of hydrogen-bond acceptors (Lipinski definition) is 6. The van der Waals surface area contributed by atoms with Gasteiger partial charge in [-0.2, -0.15) is 0 Å². The maximum atomic E-state index is 11.0. The lowest BCUT2D eigenvalue weighted by Gasteiger charge is -2.14. The van der Waals surface area contributed by atoms with Crippen LogP contribution in [0, 0.1) is 0 Å². The van der Waals surface area contributed by atoms with Crippen LogP contribution in [0.15, 0.2) is 71.0 Å². The highest BCUT2D eigenvalue weighted by Crippen LogP contribution is 2.27. The Bertz CT molecular complexity index is 1430. The van der Waals surface area contributed by atoms with Gasteiger partial charge in [-0.05, 0) is 25.0 Å². The average Bonchev–Trinajstić information content (AvgIpc) is 3.34. The Morgan fingerprint density at radius 2 is 1.03 bits per heavy atom. The molecule has 2 aromatic carbocycles. The molecule has 0 unspecified atom stereocenters. The molecule has 4 rings (SSSR count). The molecular weight excluding hydrogens is 528 g/mol. The molecule has 0 aliphatic rings. The molecule has 208 valence electrons. The van der Waals surface area contributed by atoms with Crippen molar-refractivity contribution in [1.29, 1.82) is 0 Å². The molecule has 12 heteroatoms. The van der Waals surface area contributed by atoms with Crippen molar-refractivity contribution in [2.45, 2.75) is 49.3 Å². The molecule has 2 aromatic heterocycles. The summed E-state index contributed by atoms with van der Waals surface area (Å²) in [5.74, 6) is 2.78. The zero-order chi connectivity index (χ0) is 28.7. The third-order valence-corrected chi connectivity index (χ3v) is 7.77. The highest BCUT2D eigenvalue weighted by Gasteiger charge is 2.12. The number of aryl methyl sites for hydroxylation is 4. The van der Waals surface area contributed by atoms with Crippen molar-refractivity contribution in [3.05, 3.63) is 72.8 Å². The predicted molar refractivity (Wildman–Crippen MR) is 141 cm³/mol. The normalized spacial score (nSPS) is 11.5. The third-order valence-electron chi connectivity index (χ3n) is 5.98. The van der Waals surface area contributed by atoms with Crippen LogP contribution in [-0.2, 0) is 61.3 Å². The molecule has 0 N–H and O–H groups in total. The largest absolute Gasteiger partial charge is 0.744 e. The summed E-state index contributed by atoms with van der Waals surface area (Å²) in [5, 5.41) is -0.158. The van der Waals surface area contributed by atoms with Gasteiger partial charge < -0.3 is 9.11 Å². The van der Waals surface area contributed by atoms with E-state index >= 15 is 0 Å². The Kier molecular flexibility index (Phi) is 10.8. The van der Waals surface area contributed by atoms with Crippen molar-refractivity contribution >= 4 is 31.0 Å². The lowest BCUT2D eigenvalue weighted by Crippen LogP contribution is -2.31. The Labute approximate surface area is 225 Å². The highest BCUT2D eigenvalue weighted by atomic mass is 32.2. The van der Waals surface area contributed by atoms with Crippen LogP contribution < -0.4 is 9.13 Å². The van der Waals surface area contributed by atoms with E-state index in [1.807, 2.05) is 0 Å². The molecule has 0 atom stereocenters. The molecule has 0 bridgehead atoms. The molecule has 2 heterocycles. The van der Waals surface area contributed by atoms with Gasteiger partial charge in [0.15, 0.2) is 0 Å². The van der Waals surface area contributed by atoms with Crippen molar-refractivity contribution < 1.29 is 35.1 Å². The third kappa shape index (κ3) is 7.97. The van der Waals surface area contributed by atoms with Gasteiger partial charge in [-0.1, -0.05) is 38.1 Å². The van der Waals surface area contributed by atoms with Gasteiger partial charge in [0.1, 0.15) is 45.0 Å². The summed E-state index contributed by atoms with van der Waals surface area (Å²) in [5.41, 5.74) is 0. The standard InChI is InChI=1S/C10H8O6S2.2C8H15N2/c11-17(12,13)9-5-1-3-7-8(9)4-2-6-10(7)18(14,15)16;2*1-4-5-8-9(2)6-7-10(8)3/h1-6H,(H,11,12,13)(H,14,15,16);2*6-7H,4-5H2,1-3H3/q;2*+1/p-2. The van der Waals surface area contributed by atoms with E-state index in [-0.39, 0.29) is 10.8 Å². The number of aromatic nitrogens is 4. The molecule has 10 nitrogen and oxygen atoms in total. The molecule has 0 aliphatic carbocycles. The highest BCUT2D eigenvalue weighted by molar-refractivity contribution is 7.86. The second-order valence-corrected chi connectivity index (χ2v) is 11.6. The number of hydrogen-bond donors (Lipinski definition) is 0. The predicted octanol–water partition coefficient (Wildman–Crippen LogP) is 2.25. The first-order chi connectivity index (χ1) is 17.7. The monoisotopic (exact) mass is 564 g/mol. The molecule has 0 fully saturated rings. The van der Waals surface area contributed by atoms with E-state index in [1.54, 1.807) is 0 Å². The fourth-order valence-corrected chi connectivity index (χ4v) is 5.47. The van der Waals surface area contributed by atoms with Gasteiger partial charge in [0, 0.05) is 23.6 Å². The van der Waals surface area contributed by atoms with Gasteiger partial charge in [-0.25, -0.2) is 35.1 Å². The van der Waals surface area contributed by atoms with E-state index in [9.17, 15) is 25.9 Å². The second kappa shape index (κ2) is 13.1. The van der Waals surface area contributed by atoms with Crippen LogP contribution in [-0.4, -0.2) is 35.1 Å². The molecule has 38 heavy (non-hydrogen) atoms. The maximum absolute atomic E-state index is 11.0. The molecule has 0 radical (unpaired) electrons. The summed E-state index contributed by atoms with van der Waals surface area (Å²) in [6.07, 6.45) is 13.1. The van der Waals surface area contributed by atoms with Gasteiger partial charge in [-0.3, -0.25) is 0 Å². The molecule has 4 aromatic rings. The van der Waals surface area contributed by atoms with Crippen LogP contribution in [0.1, 0.15) is 38.3 Å². The van der Waals surface area contributed by atoms with Gasteiger partial charge >= 0.3 is 0 Å². The molecular formula is C26H36N4O6S2. The van der Waals surface area contributed by atoms with Crippen LogP contribution in [0.25, 0.3) is 10.8 Å². The number of fused-ring (bicyclic) bond motifs is 1. The van der Waals surface area contributed by atoms with Crippen LogP contribution in [0.4, 0.5) is 0 Å². The number of nitrogens with zero attached hydrogens (tertiary/aromatic N) is 4. The fourth-order valence-electron chi connectivity index (χ4n) is 4.08. The average molecular weight is 565 g/mol. The van der Waals surface area contributed by atoms with Crippen molar-refractivity contribution in [2.75, 3.05) is 0 Å². The lowest BCUT2D eigenvalue weighted by molar-refractivity contribution is -0.678. The summed E-state index contributed by atoms with van der Waals surface area (Å²) in [6.45, 7) is 4.40. The van der Waals surface area contributed by atoms with Crippen molar-refractivity contribution in [3.8, 4) is 0 Å². The summed E-state index contributed by atoms with van der Waals surface area (Å²) >= 11 is 0. The number of rotatable bonds is 6. The minimum absolute atomic E-state index is 0.0792. The summed E-state index contributed by atoms with van der Waals surface area (Å²) in [7, 11) is -1.12. The first-order valence-corrected chi connectivity index (χ1v) is 15.0. The van der Waals surface area contributed by atoms with Crippen molar-refractivity contribution in [1.82, 2.24) is 9.13 Å². The Balaban J connectivity index is 0.000000216. The molecule has 0 spiro atoms. The Morgan fingerprint density at radius 1 is 0.684 bits per heavy atom. The van der Waals surface area contributed by atoms with E-state index in [0.717, 1.165) is 12.1 Å². The summed E-state index contributed by atoms with van der Waals surface area (Å²) in [4.78, 5) is -1.10. The molecule has 0 saturated carbocycles. The smallest absolute Gasteiger partial charge is 0.255 e. The molecule has 0 saturated heterocycles. The minimum atomic E-state index is -4.74. The van der Waals surface area contributed by atoms with Gasteiger partial charge in [0.05, 0.1) is 38.0 Å². The minimum Gasteiger partial charge on any atom is -0.744 e.